The molecule has 2 aromatic rings. The molecule has 1 N–H and O–H groups in total. The van der Waals surface area contributed by atoms with Gasteiger partial charge in [0.25, 0.3) is 0 Å². The van der Waals surface area contributed by atoms with Crippen LogP contribution in [0.15, 0.2) is 24.3 Å². The van der Waals surface area contributed by atoms with E-state index in [1.165, 1.54) is 0 Å². The van der Waals surface area contributed by atoms with Crippen molar-refractivity contribution in [3.8, 4) is 23.0 Å². The molecule has 0 amide bonds. The zero-order valence-corrected chi connectivity index (χ0v) is 14.5. The molecule has 0 aliphatic rings. The third kappa shape index (κ3) is 4.81. The maximum atomic E-state index is 14.2. The minimum atomic E-state index is -5.20. The number of benzene rings is 2. The Hall–Kier alpha value is -3.18. The van der Waals surface area contributed by atoms with Crippen LogP contribution in [-0.2, 0) is 6.18 Å². The van der Waals surface area contributed by atoms with Gasteiger partial charge in [0.1, 0.15) is 11.3 Å². The fraction of sp³-hybridized carbons (Fsp3) is 0.235. The van der Waals surface area contributed by atoms with E-state index in [1.54, 1.807) is 0 Å². The first-order valence-corrected chi connectivity index (χ1v) is 7.50. The molecule has 0 spiro atoms. The van der Waals surface area contributed by atoms with Crippen molar-refractivity contribution in [3.63, 3.8) is 0 Å². The average Bonchev–Trinajstić information content (AvgIpc) is 2.55. The van der Waals surface area contributed by atoms with Gasteiger partial charge >= 0.3 is 18.5 Å². The molecule has 5 nitrogen and oxygen atoms in total. The molecule has 0 bridgehead atoms. The summed E-state index contributed by atoms with van der Waals surface area (Å²) in [7, 11) is 0.888. The Balaban J connectivity index is 2.55. The van der Waals surface area contributed by atoms with Crippen LogP contribution < -0.4 is 14.2 Å². The predicted molar refractivity (Wildman–Crippen MR) is 82.8 cm³/mol. The number of carboxylic acids is 1. The smallest absolute Gasteiger partial charge is 0.490 e. The first-order chi connectivity index (χ1) is 13.3. The van der Waals surface area contributed by atoms with Gasteiger partial charge in [0, 0.05) is 0 Å². The molecule has 29 heavy (non-hydrogen) atoms. The summed E-state index contributed by atoms with van der Waals surface area (Å²) < 4.78 is 103. The molecule has 2 aromatic carbocycles. The molecular weight excluding hydrogens is 417 g/mol. The molecule has 0 aromatic heterocycles. The van der Waals surface area contributed by atoms with Crippen LogP contribution >= 0.6 is 0 Å². The maximum Gasteiger partial charge on any atom is 0.573 e. The van der Waals surface area contributed by atoms with Gasteiger partial charge < -0.3 is 19.3 Å². The Bertz CT molecular complexity index is 935. The molecule has 0 aliphatic heterocycles. The van der Waals surface area contributed by atoms with E-state index in [1.807, 2.05) is 0 Å². The van der Waals surface area contributed by atoms with Crippen molar-refractivity contribution < 1.29 is 54.8 Å². The highest BCUT2D eigenvalue weighted by Gasteiger charge is 2.36. The number of hydrogen-bond acceptors (Lipinski definition) is 4. The van der Waals surface area contributed by atoms with Gasteiger partial charge in [-0.2, -0.15) is 17.6 Å². The first kappa shape index (κ1) is 22.1. The van der Waals surface area contributed by atoms with Crippen LogP contribution in [0, 0.1) is 12.7 Å². The van der Waals surface area contributed by atoms with Gasteiger partial charge in [-0.25, -0.2) is 4.79 Å². The van der Waals surface area contributed by atoms with E-state index >= 15 is 0 Å². The molecule has 0 unspecified atom stereocenters. The number of carboxylic acid groups (broad SMARTS) is 1. The van der Waals surface area contributed by atoms with E-state index in [-0.39, 0.29) is 0 Å². The van der Waals surface area contributed by atoms with Crippen molar-refractivity contribution in [2.45, 2.75) is 19.5 Å². The highest BCUT2D eigenvalue weighted by atomic mass is 19.4. The van der Waals surface area contributed by atoms with Crippen molar-refractivity contribution in [1.29, 1.82) is 0 Å². The van der Waals surface area contributed by atoms with Crippen molar-refractivity contribution in [2.24, 2.45) is 0 Å². The third-order valence-corrected chi connectivity index (χ3v) is 3.62. The predicted octanol–water partition coefficient (Wildman–Crippen LogP) is 5.55. The molecule has 0 saturated heterocycles. The van der Waals surface area contributed by atoms with Gasteiger partial charge in [-0.05, 0) is 36.8 Å². The number of halogens is 7. The Labute approximate surface area is 158 Å². The second-order valence-corrected chi connectivity index (χ2v) is 5.47. The normalized spacial score (nSPS) is 11.9. The average molecular weight is 428 g/mol. The van der Waals surface area contributed by atoms with Crippen LogP contribution in [0.4, 0.5) is 30.7 Å². The Morgan fingerprint density at radius 1 is 0.966 bits per heavy atom. The molecular formula is C17H11F7O5. The largest absolute Gasteiger partial charge is 0.573 e. The molecule has 0 radical (unpaired) electrons. The number of carbonyl (C=O) groups is 1. The summed E-state index contributed by atoms with van der Waals surface area (Å²) in [5.74, 6) is -6.68. The van der Waals surface area contributed by atoms with Gasteiger partial charge in [-0.1, -0.05) is 0 Å². The van der Waals surface area contributed by atoms with Crippen molar-refractivity contribution in [2.75, 3.05) is 7.11 Å². The maximum absolute atomic E-state index is 14.2. The van der Waals surface area contributed by atoms with Gasteiger partial charge in [-0.3, -0.25) is 0 Å². The molecule has 0 heterocycles. The van der Waals surface area contributed by atoms with Crippen LogP contribution in [0.5, 0.6) is 23.0 Å². The second-order valence-electron chi connectivity index (χ2n) is 5.47. The molecule has 2 rings (SSSR count). The van der Waals surface area contributed by atoms with E-state index in [2.05, 4.69) is 9.47 Å². The fourth-order valence-corrected chi connectivity index (χ4v) is 2.46. The minimum absolute atomic E-state index is 0.540. The summed E-state index contributed by atoms with van der Waals surface area (Å²) in [5.41, 5.74) is -2.76. The van der Waals surface area contributed by atoms with Gasteiger partial charge in [0.15, 0.2) is 11.5 Å². The number of aromatic carboxylic acids is 1. The van der Waals surface area contributed by atoms with Gasteiger partial charge in [0.2, 0.25) is 11.6 Å². The Kier molecular flexibility index (Phi) is 5.86. The van der Waals surface area contributed by atoms with Crippen LogP contribution in [0.1, 0.15) is 21.5 Å². The summed E-state index contributed by atoms with van der Waals surface area (Å²) in [4.78, 5) is 11.4. The van der Waals surface area contributed by atoms with E-state index < -0.39 is 64.0 Å². The Morgan fingerprint density at radius 2 is 1.52 bits per heavy atom. The minimum Gasteiger partial charge on any atom is -0.490 e. The molecule has 158 valence electrons. The molecule has 0 aliphatic carbocycles. The fourth-order valence-electron chi connectivity index (χ4n) is 2.46. The van der Waals surface area contributed by atoms with E-state index in [0.29, 0.717) is 18.2 Å². The molecule has 12 heteroatoms. The number of alkyl halides is 6. The third-order valence-electron chi connectivity index (χ3n) is 3.62. The summed E-state index contributed by atoms with van der Waals surface area (Å²) in [5, 5.41) is 9.27. The topological polar surface area (TPSA) is 65.0 Å². The second kappa shape index (κ2) is 7.68. The lowest BCUT2D eigenvalue weighted by molar-refractivity contribution is -0.275. The van der Waals surface area contributed by atoms with Crippen molar-refractivity contribution in [3.05, 3.63) is 46.8 Å². The van der Waals surface area contributed by atoms with Gasteiger partial charge in [0.05, 0.1) is 12.7 Å². The van der Waals surface area contributed by atoms with Crippen molar-refractivity contribution >= 4 is 5.97 Å². The summed E-state index contributed by atoms with van der Waals surface area (Å²) in [6.07, 6.45) is -10.0. The lowest BCUT2D eigenvalue weighted by atomic mass is 10.0. The number of rotatable bonds is 5. The highest BCUT2D eigenvalue weighted by Crippen LogP contribution is 2.42. The van der Waals surface area contributed by atoms with Crippen LogP contribution in [0.3, 0.4) is 0 Å². The quantitative estimate of drug-likeness (QED) is 0.633. The number of ether oxygens (including phenoxy) is 3. The van der Waals surface area contributed by atoms with Crippen molar-refractivity contribution in [1.82, 2.24) is 0 Å². The monoisotopic (exact) mass is 428 g/mol. The molecule has 0 atom stereocenters. The SMILES string of the molecule is COc1c(Oc2ccc(C(F)(F)F)c(C)c2C(=O)O)ccc(OC(F)(F)F)c1F. The first-order valence-electron chi connectivity index (χ1n) is 7.50. The van der Waals surface area contributed by atoms with E-state index in [0.717, 1.165) is 20.1 Å². The Morgan fingerprint density at radius 3 is 2.00 bits per heavy atom. The zero-order valence-electron chi connectivity index (χ0n) is 14.5. The lowest BCUT2D eigenvalue weighted by Crippen LogP contribution is -2.18. The number of hydrogen-bond donors (Lipinski definition) is 1. The van der Waals surface area contributed by atoms with E-state index in [4.69, 9.17) is 4.74 Å². The van der Waals surface area contributed by atoms with Gasteiger partial charge in [-0.15, -0.1) is 13.2 Å². The standard InChI is InChI=1S/C17H11F7O5/c1-7-8(16(19,20)21)3-4-9(12(7)15(25)26)28-11-6-5-10(29-17(22,23)24)13(18)14(11)27-2/h3-6H,1-2H3,(H,25,26). The number of methoxy groups -OCH3 is 1. The van der Waals surface area contributed by atoms with E-state index in [9.17, 15) is 40.6 Å². The molecule has 0 fully saturated rings. The molecule has 0 saturated carbocycles. The highest BCUT2D eigenvalue weighted by molar-refractivity contribution is 5.93. The summed E-state index contributed by atoms with van der Waals surface area (Å²) in [6, 6.07) is 2.57. The van der Waals surface area contributed by atoms with Crippen LogP contribution in [0.2, 0.25) is 0 Å². The summed E-state index contributed by atoms with van der Waals surface area (Å²) >= 11 is 0. The zero-order chi connectivity index (χ0) is 22.1. The summed E-state index contributed by atoms with van der Waals surface area (Å²) in [6.45, 7) is 0.900. The van der Waals surface area contributed by atoms with Crippen LogP contribution in [0.25, 0.3) is 0 Å². The lowest BCUT2D eigenvalue weighted by Gasteiger charge is -2.18. The van der Waals surface area contributed by atoms with Crippen LogP contribution in [-0.4, -0.2) is 24.5 Å².